The zero-order chi connectivity index (χ0) is 27.3. The van der Waals surface area contributed by atoms with E-state index in [0.717, 1.165) is 66.0 Å². The van der Waals surface area contributed by atoms with E-state index in [2.05, 4.69) is 153 Å². The maximum atomic E-state index is 6.61. The van der Waals surface area contributed by atoms with E-state index < -0.39 is 0 Å². The van der Waals surface area contributed by atoms with Crippen molar-refractivity contribution in [3.8, 4) is 22.6 Å². The third-order valence-corrected chi connectivity index (χ3v) is 8.41. The van der Waals surface area contributed by atoms with E-state index in [4.69, 9.17) is 9.47 Å². The second-order valence-corrected chi connectivity index (χ2v) is 10.9. The number of hydrogen-bond donors (Lipinski definition) is 0. The third kappa shape index (κ3) is 5.65. The van der Waals surface area contributed by atoms with Gasteiger partial charge < -0.3 is 9.47 Å². The summed E-state index contributed by atoms with van der Waals surface area (Å²) in [7, 11) is 0. The molecule has 0 radical (unpaired) electrons. The van der Waals surface area contributed by atoms with Crippen LogP contribution < -0.4 is 9.47 Å². The van der Waals surface area contributed by atoms with Crippen molar-refractivity contribution >= 4 is 53.4 Å². The first-order valence-electron chi connectivity index (χ1n) is 13.3. The summed E-state index contributed by atoms with van der Waals surface area (Å²) >= 11 is 7.14. The summed E-state index contributed by atoms with van der Waals surface area (Å²) in [5.74, 6) is 1.68. The number of fused-ring (bicyclic) bond motifs is 2. The van der Waals surface area contributed by atoms with Crippen LogP contribution in [0, 0.1) is 0 Å². The Balaban J connectivity index is 1.49. The van der Waals surface area contributed by atoms with E-state index in [1.165, 1.54) is 11.1 Å². The fraction of sp³-hybridized carbons (Fsp3) is 0.111. The number of ether oxygens (including phenoxy) is 2. The smallest absolute Gasteiger partial charge is 0.128 e. The first-order chi connectivity index (χ1) is 19.7. The number of halogens is 2. The molecular formula is C36H28Br2O2. The van der Waals surface area contributed by atoms with Gasteiger partial charge in [-0.1, -0.05) is 141 Å². The zero-order valence-electron chi connectivity index (χ0n) is 21.9. The van der Waals surface area contributed by atoms with Crippen LogP contribution in [0.5, 0.6) is 11.5 Å². The molecule has 0 heterocycles. The van der Waals surface area contributed by atoms with Crippen molar-refractivity contribution < 1.29 is 9.47 Å². The van der Waals surface area contributed by atoms with Crippen molar-refractivity contribution in [2.24, 2.45) is 0 Å². The second kappa shape index (κ2) is 12.3. The van der Waals surface area contributed by atoms with Gasteiger partial charge >= 0.3 is 0 Å². The Morgan fingerprint density at radius 2 is 0.850 bits per heavy atom. The molecule has 198 valence electrons. The van der Waals surface area contributed by atoms with Gasteiger partial charge in [0.1, 0.15) is 24.7 Å². The topological polar surface area (TPSA) is 18.5 Å². The van der Waals surface area contributed by atoms with Crippen molar-refractivity contribution in [2.45, 2.75) is 23.9 Å². The van der Waals surface area contributed by atoms with Crippen LogP contribution in [-0.4, -0.2) is 0 Å². The monoisotopic (exact) mass is 650 g/mol. The normalized spacial score (nSPS) is 11.2. The molecule has 0 amide bonds. The summed E-state index contributed by atoms with van der Waals surface area (Å²) in [5, 5.41) is 6.23. The van der Waals surface area contributed by atoms with E-state index in [1.807, 2.05) is 0 Å². The standard InChI is InChI=1S/C36H28Br2O2/c37-21-25-7-5-9-27(19-25)23-39-33-17-15-29-11-1-3-13-31(29)35(33)36-32-14-4-2-12-30(32)16-18-34(36)40-24-28-10-6-8-26(20-28)22-38/h1-20H,21-24H2. The first kappa shape index (κ1) is 26.6. The fourth-order valence-electron chi connectivity index (χ4n) is 5.19. The molecule has 0 aliphatic rings. The Morgan fingerprint density at radius 1 is 0.425 bits per heavy atom. The molecule has 40 heavy (non-hydrogen) atoms. The molecule has 0 aliphatic carbocycles. The van der Waals surface area contributed by atoms with Gasteiger partial charge in [0.05, 0.1) is 0 Å². The molecule has 0 bridgehead atoms. The molecule has 2 nitrogen and oxygen atoms in total. The highest BCUT2D eigenvalue weighted by Crippen LogP contribution is 2.46. The highest BCUT2D eigenvalue weighted by Gasteiger charge is 2.19. The van der Waals surface area contributed by atoms with Gasteiger partial charge in [-0.3, -0.25) is 0 Å². The number of rotatable bonds is 9. The van der Waals surface area contributed by atoms with Crippen molar-refractivity contribution in [3.63, 3.8) is 0 Å². The molecule has 6 rings (SSSR count). The van der Waals surface area contributed by atoms with E-state index in [1.54, 1.807) is 0 Å². The van der Waals surface area contributed by atoms with Crippen molar-refractivity contribution in [2.75, 3.05) is 0 Å². The van der Waals surface area contributed by atoms with Crippen LogP contribution in [0.2, 0.25) is 0 Å². The van der Waals surface area contributed by atoms with Gasteiger partial charge in [0, 0.05) is 21.8 Å². The molecule has 0 saturated heterocycles. The van der Waals surface area contributed by atoms with E-state index in [0.29, 0.717) is 13.2 Å². The number of benzene rings is 6. The predicted molar refractivity (Wildman–Crippen MR) is 174 cm³/mol. The molecule has 0 spiro atoms. The highest BCUT2D eigenvalue weighted by molar-refractivity contribution is 9.08. The minimum atomic E-state index is 0.479. The Hall–Kier alpha value is -3.60. The quantitative estimate of drug-likeness (QED) is 0.145. The van der Waals surface area contributed by atoms with Crippen LogP contribution in [0.1, 0.15) is 22.3 Å². The molecular weight excluding hydrogens is 624 g/mol. The molecule has 0 fully saturated rings. The lowest BCUT2D eigenvalue weighted by atomic mass is 9.92. The highest BCUT2D eigenvalue weighted by atomic mass is 79.9. The van der Waals surface area contributed by atoms with E-state index >= 15 is 0 Å². The summed E-state index contributed by atoms with van der Waals surface area (Å²) in [6.07, 6.45) is 0. The average molecular weight is 652 g/mol. The third-order valence-electron chi connectivity index (χ3n) is 7.11. The summed E-state index contributed by atoms with van der Waals surface area (Å²) < 4.78 is 13.2. The minimum absolute atomic E-state index is 0.479. The van der Waals surface area contributed by atoms with Crippen LogP contribution in [0.4, 0.5) is 0 Å². The van der Waals surface area contributed by atoms with Crippen LogP contribution in [0.25, 0.3) is 32.7 Å². The van der Waals surface area contributed by atoms with Crippen molar-refractivity contribution in [1.82, 2.24) is 0 Å². The second-order valence-electron chi connectivity index (χ2n) is 9.80. The fourth-order valence-corrected chi connectivity index (χ4v) is 5.88. The molecule has 4 heteroatoms. The lowest BCUT2D eigenvalue weighted by Gasteiger charge is -2.20. The summed E-state index contributed by atoms with van der Waals surface area (Å²) in [6, 6.07) is 42.4. The molecule has 0 atom stereocenters. The molecule has 6 aromatic carbocycles. The summed E-state index contributed by atoms with van der Waals surface area (Å²) in [4.78, 5) is 0. The Kier molecular flexibility index (Phi) is 8.17. The molecule has 0 unspecified atom stereocenters. The van der Waals surface area contributed by atoms with Crippen molar-refractivity contribution in [3.05, 3.63) is 144 Å². The Morgan fingerprint density at radius 3 is 1.30 bits per heavy atom. The lowest BCUT2D eigenvalue weighted by Crippen LogP contribution is -2.01. The van der Waals surface area contributed by atoms with Crippen molar-refractivity contribution in [1.29, 1.82) is 0 Å². The van der Waals surface area contributed by atoms with Gasteiger partial charge in [-0.15, -0.1) is 0 Å². The van der Waals surface area contributed by atoms with E-state index in [-0.39, 0.29) is 0 Å². The lowest BCUT2D eigenvalue weighted by molar-refractivity contribution is 0.303. The molecule has 0 N–H and O–H groups in total. The molecule has 0 aromatic heterocycles. The van der Waals surface area contributed by atoms with Gasteiger partial charge in [-0.25, -0.2) is 0 Å². The maximum Gasteiger partial charge on any atom is 0.128 e. The number of alkyl halides is 2. The molecule has 6 aromatic rings. The zero-order valence-corrected chi connectivity index (χ0v) is 25.1. The van der Waals surface area contributed by atoms with Gasteiger partial charge in [-0.2, -0.15) is 0 Å². The SMILES string of the molecule is BrCc1cccc(COc2ccc3ccccc3c2-c2c(OCc3cccc(CBr)c3)ccc3ccccc23)c1. The maximum absolute atomic E-state index is 6.61. The van der Waals surface area contributed by atoms with Crippen LogP contribution in [-0.2, 0) is 23.9 Å². The largest absolute Gasteiger partial charge is 0.488 e. The van der Waals surface area contributed by atoms with Gasteiger partial charge in [0.25, 0.3) is 0 Å². The minimum Gasteiger partial charge on any atom is -0.488 e. The van der Waals surface area contributed by atoms with Crippen LogP contribution in [0.15, 0.2) is 121 Å². The van der Waals surface area contributed by atoms with Gasteiger partial charge in [0.2, 0.25) is 0 Å². The average Bonchev–Trinajstić information content (AvgIpc) is 3.02. The summed E-state index contributed by atoms with van der Waals surface area (Å²) in [5.41, 5.74) is 6.84. The number of hydrogen-bond acceptors (Lipinski definition) is 2. The van der Waals surface area contributed by atoms with Crippen LogP contribution in [0.3, 0.4) is 0 Å². The Labute approximate surface area is 251 Å². The summed E-state index contributed by atoms with van der Waals surface area (Å²) in [6.45, 7) is 0.957. The van der Waals surface area contributed by atoms with Gasteiger partial charge in [-0.05, 0) is 55.9 Å². The molecule has 0 saturated carbocycles. The van der Waals surface area contributed by atoms with E-state index in [9.17, 15) is 0 Å². The van der Waals surface area contributed by atoms with Gasteiger partial charge in [0.15, 0.2) is 0 Å². The molecule has 0 aliphatic heterocycles. The predicted octanol–water partition coefficient (Wildman–Crippen LogP) is 10.6. The first-order valence-corrected chi connectivity index (χ1v) is 15.5. The Bertz CT molecular complexity index is 1660. The van der Waals surface area contributed by atoms with Crippen LogP contribution >= 0.6 is 31.9 Å².